The van der Waals surface area contributed by atoms with E-state index in [9.17, 15) is 35.1 Å². The second-order valence-electron chi connectivity index (χ2n) is 19.3. The number of carbonyl (C=O) groups excluding carboxylic acids is 2. The van der Waals surface area contributed by atoms with Gasteiger partial charge in [0.25, 0.3) is 0 Å². The van der Waals surface area contributed by atoms with Crippen molar-refractivity contribution in [1.82, 2.24) is 5.32 Å². The van der Waals surface area contributed by atoms with Crippen molar-refractivity contribution in [3.63, 3.8) is 0 Å². The smallest absolute Gasteiger partial charge is 0.306 e. The monoisotopic (exact) mass is 962 g/mol. The number of rotatable bonds is 46. The Balaban J connectivity index is 2.77. The molecule has 1 aliphatic heterocycles. The van der Waals surface area contributed by atoms with E-state index >= 15 is 0 Å². The van der Waals surface area contributed by atoms with Crippen LogP contribution in [-0.4, -0.2) is 99.6 Å². The molecule has 1 heterocycles. The number of aliphatic hydroxyl groups is 5. The molecule has 1 rings (SSSR count). The molecule has 0 saturated carbocycles. The zero-order chi connectivity index (χ0) is 49.7. The first kappa shape index (κ1) is 63.6. The summed E-state index contributed by atoms with van der Waals surface area (Å²) in [4.78, 5) is 26.4. The van der Waals surface area contributed by atoms with Crippen LogP contribution in [0, 0.1) is 0 Å². The van der Waals surface area contributed by atoms with Gasteiger partial charge in [0.05, 0.1) is 25.4 Å². The van der Waals surface area contributed by atoms with Crippen LogP contribution in [0.2, 0.25) is 0 Å². The van der Waals surface area contributed by atoms with Gasteiger partial charge < -0.3 is 45.1 Å². The summed E-state index contributed by atoms with van der Waals surface area (Å²) in [5, 5.41) is 56.7. The van der Waals surface area contributed by atoms with Gasteiger partial charge in [-0.3, -0.25) is 9.59 Å². The normalized spacial score (nSPS) is 20.3. The maximum atomic E-state index is 13.3. The molecule has 0 radical (unpaired) electrons. The second kappa shape index (κ2) is 45.7. The Morgan fingerprint density at radius 2 is 1.06 bits per heavy atom. The van der Waals surface area contributed by atoms with Crippen LogP contribution in [0.15, 0.2) is 48.6 Å². The van der Waals surface area contributed by atoms with Crippen LogP contribution < -0.4 is 5.32 Å². The maximum Gasteiger partial charge on any atom is 0.306 e. The maximum absolute atomic E-state index is 13.3. The van der Waals surface area contributed by atoms with E-state index in [0.717, 1.165) is 83.5 Å². The number of esters is 1. The second-order valence-corrected chi connectivity index (χ2v) is 19.3. The van der Waals surface area contributed by atoms with Crippen molar-refractivity contribution >= 4 is 11.9 Å². The number of hydrogen-bond acceptors (Lipinski definition) is 10. The predicted octanol–water partition coefficient (Wildman–Crippen LogP) is 12.1. The molecule has 11 heteroatoms. The fraction of sp³-hybridized carbons (Fsp3) is 0.825. The third kappa shape index (κ3) is 34.0. The average molecular weight is 962 g/mol. The molecule has 6 N–H and O–H groups in total. The highest BCUT2D eigenvalue weighted by Gasteiger charge is 2.47. The number of allylic oxidation sites excluding steroid dienone is 7. The summed E-state index contributed by atoms with van der Waals surface area (Å²) in [7, 11) is 0. The molecule has 0 bridgehead atoms. The molecule has 11 nitrogen and oxygen atoms in total. The minimum absolute atomic E-state index is 0.113. The lowest BCUT2D eigenvalue weighted by molar-refractivity contribution is -0.305. The molecule has 1 aliphatic rings. The van der Waals surface area contributed by atoms with E-state index in [2.05, 4.69) is 62.5 Å². The molecule has 1 fully saturated rings. The highest BCUT2D eigenvalue weighted by atomic mass is 16.7. The first-order valence-corrected chi connectivity index (χ1v) is 27.9. The Labute approximate surface area is 415 Å². The quantitative estimate of drug-likeness (QED) is 0.0196. The molecule has 1 saturated heterocycles. The van der Waals surface area contributed by atoms with Gasteiger partial charge in [-0.05, 0) is 77.0 Å². The van der Waals surface area contributed by atoms with Gasteiger partial charge in [-0.15, -0.1) is 0 Å². The van der Waals surface area contributed by atoms with Crippen molar-refractivity contribution in [2.45, 2.75) is 288 Å². The molecule has 68 heavy (non-hydrogen) atoms. The van der Waals surface area contributed by atoms with Crippen molar-refractivity contribution in [1.29, 1.82) is 0 Å². The summed E-state index contributed by atoms with van der Waals surface area (Å²) in [6, 6.07) is -1.03. The summed E-state index contributed by atoms with van der Waals surface area (Å²) < 4.78 is 17.5. The lowest BCUT2D eigenvalue weighted by Crippen LogP contribution is -2.61. The Bertz CT molecular complexity index is 1290. The van der Waals surface area contributed by atoms with Gasteiger partial charge in [0.15, 0.2) is 12.4 Å². The molecule has 8 atom stereocenters. The van der Waals surface area contributed by atoms with Crippen LogP contribution in [-0.2, 0) is 23.8 Å². The van der Waals surface area contributed by atoms with Crippen LogP contribution in [0.5, 0.6) is 0 Å². The number of nitrogens with one attached hydrogen (secondary N) is 1. The van der Waals surface area contributed by atoms with E-state index in [1.165, 1.54) is 109 Å². The van der Waals surface area contributed by atoms with E-state index in [0.29, 0.717) is 12.8 Å². The number of amides is 1. The van der Waals surface area contributed by atoms with Crippen molar-refractivity contribution in [3.8, 4) is 0 Å². The van der Waals surface area contributed by atoms with Gasteiger partial charge in [-0.2, -0.15) is 0 Å². The molecule has 8 unspecified atom stereocenters. The van der Waals surface area contributed by atoms with E-state index in [1.54, 1.807) is 6.08 Å². The van der Waals surface area contributed by atoms with Crippen LogP contribution in [0.25, 0.3) is 0 Å². The number of hydrogen-bond donors (Lipinski definition) is 6. The largest absolute Gasteiger partial charge is 0.454 e. The predicted molar refractivity (Wildman–Crippen MR) is 278 cm³/mol. The van der Waals surface area contributed by atoms with Crippen LogP contribution in [0.1, 0.15) is 239 Å². The third-order valence-corrected chi connectivity index (χ3v) is 13.0. The van der Waals surface area contributed by atoms with Crippen molar-refractivity contribution in [2.75, 3.05) is 13.2 Å². The summed E-state index contributed by atoms with van der Waals surface area (Å²) in [5.41, 5.74) is 0. The molecule has 0 aromatic rings. The van der Waals surface area contributed by atoms with E-state index in [1.807, 2.05) is 6.08 Å². The SMILES string of the molecule is CC/C=C/C/C=C/CCCCCCCCCC(=O)OC1C(OCC(NC(=O)C(O)CCCC/C=C\CCCCCCCC)C(O)/C=C/CCCCCCCCCCCCC)OC(CO)C(O)C1O. The topological polar surface area (TPSA) is 175 Å². The molecular formula is C57H103NO10. The first-order valence-electron chi connectivity index (χ1n) is 27.9. The van der Waals surface area contributed by atoms with E-state index in [-0.39, 0.29) is 19.4 Å². The Morgan fingerprint density at radius 1 is 0.588 bits per heavy atom. The van der Waals surface area contributed by atoms with Gasteiger partial charge >= 0.3 is 5.97 Å². The highest BCUT2D eigenvalue weighted by molar-refractivity contribution is 5.80. The Morgan fingerprint density at radius 3 is 1.59 bits per heavy atom. The van der Waals surface area contributed by atoms with Crippen molar-refractivity contribution < 1.29 is 49.3 Å². The van der Waals surface area contributed by atoms with Crippen LogP contribution >= 0.6 is 0 Å². The zero-order valence-corrected chi connectivity index (χ0v) is 43.5. The standard InChI is InChI=1S/C57H103NO10/c1-4-7-10-13-16-19-22-25-27-30-33-36-39-42-45-52(62)68-55-54(64)53(63)51(46-59)67-57(55)66-47-48(49(60)43-40-37-34-31-29-26-23-20-17-14-11-8-5-2)58-56(65)50(61)44-41-38-35-32-28-24-21-18-15-12-9-6-3/h7,10,16,19,28,32,40,43,48-51,53-55,57,59-61,63-64H,4-6,8-9,11-15,17-18,20-27,29-31,33-39,41-42,44-47H2,1-3H3,(H,58,65)/b10-7+,19-16+,32-28-,43-40+. The van der Waals surface area contributed by atoms with Gasteiger partial charge in [0.1, 0.15) is 24.4 Å². The number of aliphatic hydroxyl groups excluding tert-OH is 5. The highest BCUT2D eigenvalue weighted by Crippen LogP contribution is 2.26. The van der Waals surface area contributed by atoms with Crippen LogP contribution in [0.3, 0.4) is 0 Å². The lowest BCUT2D eigenvalue weighted by atomic mass is 9.99. The summed E-state index contributed by atoms with van der Waals surface area (Å²) in [5.74, 6) is -1.22. The van der Waals surface area contributed by atoms with Gasteiger partial charge in [0.2, 0.25) is 5.91 Å². The molecule has 0 aromatic heterocycles. The minimum Gasteiger partial charge on any atom is -0.454 e. The third-order valence-electron chi connectivity index (χ3n) is 13.0. The summed E-state index contributed by atoms with van der Waals surface area (Å²) in [6.07, 6.45) is 43.0. The number of ether oxygens (including phenoxy) is 3. The molecule has 0 spiro atoms. The van der Waals surface area contributed by atoms with Crippen molar-refractivity contribution in [2.24, 2.45) is 0 Å². The Hall–Kier alpha value is -2.38. The van der Waals surface area contributed by atoms with E-state index < -0.39 is 67.4 Å². The minimum atomic E-state index is -1.62. The molecule has 1 amide bonds. The lowest BCUT2D eigenvalue weighted by Gasteiger charge is -2.41. The van der Waals surface area contributed by atoms with E-state index in [4.69, 9.17) is 14.2 Å². The van der Waals surface area contributed by atoms with Crippen molar-refractivity contribution in [3.05, 3.63) is 48.6 Å². The Kier molecular flexibility index (Phi) is 42.8. The molecule has 0 aromatic carbocycles. The fourth-order valence-electron chi connectivity index (χ4n) is 8.51. The number of unbranched alkanes of at least 4 members (excludes halogenated alkanes) is 26. The fourth-order valence-corrected chi connectivity index (χ4v) is 8.51. The summed E-state index contributed by atoms with van der Waals surface area (Å²) >= 11 is 0. The summed E-state index contributed by atoms with van der Waals surface area (Å²) in [6.45, 7) is 5.64. The molecule has 396 valence electrons. The number of carbonyl (C=O) groups is 2. The first-order chi connectivity index (χ1) is 33.2. The average Bonchev–Trinajstić information content (AvgIpc) is 3.33. The van der Waals surface area contributed by atoms with Gasteiger partial charge in [0, 0.05) is 6.42 Å². The van der Waals surface area contributed by atoms with Gasteiger partial charge in [-0.1, -0.05) is 204 Å². The zero-order valence-electron chi connectivity index (χ0n) is 43.5. The molecular weight excluding hydrogens is 859 g/mol. The van der Waals surface area contributed by atoms with Crippen LogP contribution in [0.4, 0.5) is 0 Å². The van der Waals surface area contributed by atoms with Gasteiger partial charge in [-0.25, -0.2) is 0 Å². The molecule has 0 aliphatic carbocycles.